The molecule has 0 bridgehead atoms. The summed E-state index contributed by atoms with van der Waals surface area (Å²) < 4.78 is 7.15. The zero-order chi connectivity index (χ0) is 72.5. The fraction of sp³-hybridized carbons (Fsp3) is 0.812. The normalized spacial score (nSPS) is 28.2. The van der Waals surface area contributed by atoms with Crippen LogP contribution in [0.25, 0.3) is 0 Å². The van der Waals surface area contributed by atoms with Crippen LogP contribution in [0, 0.1) is 41.4 Å². The molecule has 2 rings (SSSR count). The molecule has 0 aromatic carbocycles. The molecule has 0 aromatic heterocycles. The molecular formula is C69H124N12O13. The van der Waals surface area contributed by atoms with Crippen LogP contribution in [0.5, 0.6) is 0 Å². The van der Waals surface area contributed by atoms with Gasteiger partial charge in [0.15, 0.2) is 0 Å². The number of hydrogen-bond donors (Lipinski definition) is 5. The monoisotopic (exact) mass is 1330 g/mol. The minimum atomic E-state index is -2.23. The van der Waals surface area contributed by atoms with Crippen molar-refractivity contribution in [2.24, 2.45) is 41.4 Å². The largest absolute Gasteiger partial charge is 0.390 e. The smallest absolute Gasteiger partial charge is 0.276 e. The van der Waals surface area contributed by atoms with E-state index in [0.717, 1.165) is 9.80 Å². The van der Waals surface area contributed by atoms with Gasteiger partial charge in [-0.2, -0.15) is 0 Å². The molecule has 1 unspecified atom stereocenters. The van der Waals surface area contributed by atoms with E-state index in [-0.39, 0.29) is 68.2 Å². The summed E-state index contributed by atoms with van der Waals surface area (Å²) in [6, 6.07) is -11.4. The summed E-state index contributed by atoms with van der Waals surface area (Å²) in [5, 5.41) is 23.6. The van der Waals surface area contributed by atoms with E-state index in [2.05, 4.69) is 26.2 Å². The summed E-state index contributed by atoms with van der Waals surface area (Å²) in [6.45, 7) is 34.4. The average molecular weight is 1330 g/mol. The Hall–Kier alpha value is -6.21. The average Bonchev–Trinajstić information content (AvgIpc) is 0.975. The van der Waals surface area contributed by atoms with E-state index < -0.39 is 162 Å². The van der Waals surface area contributed by atoms with Crippen LogP contribution >= 0.6 is 0 Å². The van der Waals surface area contributed by atoms with Crippen molar-refractivity contribution in [3.8, 4) is 0 Å². The Morgan fingerprint density at radius 1 is 0.553 bits per heavy atom. The molecule has 2 aliphatic heterocycles. The van der Waals surface area contributed by atoms with E-state index in [9.17, 15) is 38.7 Å². The van der Waals surface area contributed by atoms with Crippen molar-refractivity contribution < 1.29 is 62.6 Å². The predicted molar refractivity (Wildman–Crippen MR) is 364 cm³/mol. The molecule has 25 nitrogen and oxygen atoms in total. The highest BCUT2D eigenvalue weighted by molar-refractivity contribution is 6.00. The summed E-state index contributed by atoms with van der Waals surface area (Å²) in [4.78, 5) is 175. The SMILES string of the molecule is C/C=C/C[C@@H](C)[C@@H](O)[C@H]1C(=O)N[C@@H](CC)C(=O)N(C)CC(=O)N(C)[C@@H](CC(C)C)C(=O)N[C@@H](C(C)C)C(=O)N(C)[C@@H](CC(C)C)C(=O)N[C@@H](C)C(=O)N[C@H](C)C(=O)N(C)[C@@H](CC(C)C)C(=O)N(C)[C@@H](CC(C)C)C(=O)N(C)[C@](OC2CCN(C(C)C)C2)(C(C)C)C(=O)N1C. The van der Waals surface area contributed by atoms with Crippen LogP contribution in [-0.4, -0.2) is 257 Å². The first-order valence-corrected chi connectivity index (χ1v) is 34.2. The van der Waals surface area contributed by atoms with E-state index in [1.165, 1.54) is 87.7 Å². The van der Waals surface area contributed by atoms with Gasteiger partial charge in [-0.3, -0.25) is 57.6 Å². The summed E-state index contributed by atoms with van der Waals surface area (Å²) in [6.07, 6.45) is 2.62. The molecule has 0 spiro atoms. The number of amides is 11. The number of ether oxygens (including phenoxy) is 1. The van der Waals surface area contributed by atoms with E-state index in [1.807, 2.05) is 75.3 Å². The third-order valence-electron chi connectivity index (χ3n) is 18.6. The van der Waals surface area contributed by atoms with Gasteiger partial charge < -0.3 is 65.4 Å². The van der Waals surface area contributed by atoms with Crippen molar-refractivity contribution in [2.45, 2.75) is 255 Å². The number of nitrogens with zero attached hydrogens (tertiary/aromatic N) is 8. The van der Waals surface area contributed by atoms with Crippen molar-refractivity contribution >= 4 is 65.0 Å². The number of carbonyl (C=O) groups is 11. The molecule has 2 fully saturated rings. The molecule has 538 valence electrons. The number of likely N-dealkylation sites (N-methyl/N-ethyl adjacent to an activating group) is 7. The van der Waals surface area contributed by atoms with Gasteiger partial charge in [0.05, 0.1) is 18.8 Å². The number of aliphatic hydroxyl groups is 1. The quantitative estimate of drug-likeness (QED) is 0.121. The molecule has 0 radical (unpaired) electrons. The van der Waals surface area contributed by atoms with Gasteiger partial charge in [0.1, 0.15) is 54.4 Å². The lowest BCUT2D eigenvalue weighted by Crippen LogP contribution is -2.70. The van der Waals surface area contributed by atoms with Crippen molar-refractivity contribution in [1.29, 1.82) is 0 Å². The number of hydrogen-bond acceptors (Lipinski definition) is 14. The van der Waals surface area contributed by atoms with E-state index >= 15 is 19.2 Å². The highest BCUT2D eigenvalue weighted by atomic mass is 16.5. The van der Waals surface area contributed by atoms with Crippen LogP contribution in [0.1, 0.15) is 176 Å². The zero-order valence-electron chi connectivity index (χ0n) is 62.1. The Kier molecular flexibility index (Phi) is 33.3. The van der Waals surface area contributed by atoms with Crippen molar-refractivity contribution in [3.05, 3.63) is 12.2 Å². The van der Waals surface area contributed by atoms with Gasteiger partial charge in [-0.05, 0) is 115 Å². The molecule has 13 atom stereocenters. The summed E-state index contributed by atoms with van der Waals surface area (Å²) in [7, 11) is 9.93. The fourth-order valence-corrected chi connectivity index (χ4v) is 12.4. The second kappa shape index (κ2) is 37.3. The van der Waals surface area contributed by atoms with Gasteiger partial charge in [-0.1, -0.05) is 109 Å². The topological polar surface area (TPSA) is 291 Å². The second-order valence-electron chi connectivity index (χ2n) is 29.3. The van der Waals surface area contributed by atoms with Crippen LogP contribution in [0.4, 0.5) is 0 Å². The summed E-state index contributed by atoms with van der Waals surface area (Å²) in [5.74, 6) is -10.6. The maximum atomic E-state index is 16.3. The third kappa shape index (κ3) is 21.9. The predicted octanol–water partition coefficient (Wildman–Crippen LogP) is 4.10. The minimum Gasteiger partial charge on any atom is -0.390 e. The van der Waals surface area contributed by atoms with Gasteiger partial charge >= 0.3 is 0 Å². The molecule has 0 saturated carbocycles. The number of rotatable bonds is 18. The minimum absolute atomic E-state index is 0.00644. The van der Waals surface area contributed by atoms with E-state index in [1.54, 1.807) is 54.5 Å². The van der Waals surface area contributed by atoms with Crippen LogP contribution < -0.4 is 21.3 Å². The summed E-state index contributed by atoms with van der Waals surface area (Å²) in [5.41, 5.74) is -2.23. The highest BCUT2D eigenvalue weighted by Gasteiger charge is 2.56. The molecule has 11 amide bonds. The van der Waals surface area contributed by atoms with Gasteiger partial charge in [-0.15, -0.1) is 0 Å². The first-order chi connectivity index (χ1) is 43.5. The van der Waals surface area contributed by atoms with Gasteiger partial charge in [0.2, 0.25) is 64.8 Å². The lowest BCUT2D eigenvalue weighted by Gasteiger charge is -2.49. The maximum Gasteiger partial charge on any atom is 0.276 e. The van der Waals surface area contributed by atoms with Crippen LogP contribution in [-0.2, 0) is 57.5 Å². The van der Waals surface area contributed by atoms with Crippen LogP contribution in [0.2, 0.25) is 0 Å². The Labute approximate surface area is 563 Å². The molecule has 94 heavy (non-hydrogen) atoms. The number of aliphatic hydroxyl groups excluding tert-OH is 1. The third-order valence-corrected chi connectivity index (χ3v) is 18.6. The summed E-state index contributed by atoms with van der Waals surface area (Å²) >= 11 is 0. The van der Waals surface area contributed by atoms with Crippen molar-refractivity contribution in [3.63, 3.8) is 0 Å². The lowest BCUT2D eigenvalue weighted by molar-refractivity contribution is -0.220. The number of likely N-dealkylation sites (tertiary alicyclic amines) is 1. The molecule has 2 heterocycles. The first kappa shape index (κ1) is 83.9. The second-order valence-corrected chi connectivity index (χ2v) is 29.3. The number of allylic oxidation sites excluding steroid dienone is 2. The molecule has 2 aliphatic rings. The van der Waals surface area contributed by atoms with Gasteiger partial charge in [0, 0.05) is 74.4 Å². The Balaban J connectivity index is 3.16. The van der Waals surface area contributed by atoms with Crippen LogP contribution in [0.15, 0.2) is 12.2 Å². The Morgan fingerprint density at radius 3 is 1.49 bits per heavy atom. The zero-order valence-corrected chi connectivity index (χ0v) is 62.1. The maximum absolute atomic E-state index is 16.3. The van der Waals surface area contributed by atoms with Crippen molar-refractivity contribution in [1.82, 2.24) is 60.5 Å². The standard InChI is InChI=1S/C69H124N12O13/c1-27-29-30-46(17)58(83)57-62(87)72-50(28-2)64(89)74(20)38-55(82)75(21)51(33-39(3)4)61(86)73-56(43(11)12)67(92)76(22)52(34-40(5)6)60(85)70-47(18)59(84)71-48(19)63(88)77(23)53(35-41(7)8)65(90)78(24)54(36-42(9)10)66(91)80(26)69(44(13)14,68(93)79(57)25)94-49-31-32-81(37-49)45(15)16/h27,29,39-54,56-58,83H,28,30-38H2,1-26H3,(H,70,85)(H,71,84)(H,72,87)(H,73,86)/b29-27+/t46-,47+,48-,49?,50+,51+,52+,53+,54+,56+,57+,58-,69+/m1/s1. The number of nitrogens with one attached hydrogen (secondary N) is 4. The highest BCUT2D eigenvalue weighted by Crippen LogP contribution is 2.36. The van der Waals surface area contributed by atoms with Gasteiger partial charge in [0.25, 0.3) is 5.91 Å². The molecular weight excluding hydrogens is 1200 g/mol. The van der Waals surface area contributed by atoms with E-state index in [4.69, 9.17) is 4.74 Å². The van der Waals surface area contributed by atoms with Gasteiger partial charge in [-0.25, -0.2) is 0 Å². The molecule has 5 N–H and O–H groups in total. The Morgan fingerprint density at radius 2 is 1.02 bits per heavy atom. The lowest BCUT2D eigenvalue weighted by atomic mass is 9.89. The molecule has 0 aromatic rings. The first-order valence-electron chi connectivity index (χ1n) is 34.2. The van der Waals surface area contributed by atoms with Crippen LogP contribution in [0.3, 0.4) is 0 Å². The fourth-order valence-electron chi connectivity index (χ4n) is 12.4. The Bertz CT molecular complexity index is 2610. The molecule has 25 heteroatoms. The van der Waals surface area contributed by atoms with E-state index in [0.29, 0.717) is 19.5 Å². The van der Waals surface area contributed by atoms with Crippen molar-refractivity contribution in [2.75, 3.05) is 69.0 Å². The number of carbonyl (C=O) groups excluding carboxylic acids is 11. The molecule has 0 aliphatic carbocycles. The molecule has 2 saturated heterocycles.